The molecule has 0 aliphatic carbocycles. The summed E-state index contributed by atoms with van der Waals surface area (Å²) in [6, 6.07) is 2.86. The Balaban J connectivity index is 2.14. The Bertz CT molecular complexity index is 589. The van der Waals surface area contributed by atoms with Crippen LogP contribution in [0.5, 0.6) is 0 Å². The van der Waals surface area contributed by atoms with Gasteiger partial charge in [0.15, 0.2) is 0 Å². The lowest BCUT2D eigenvalue weighted by molar-refractivity contribution is 0.0200. The van der Waals surface area contributed by atoms with Gasteiger partial charge in [0.1, 0.15) is 0 Å². The molecule has 8 heteroatoms. The van der Waals surface area contributed by atoms with Crippen LogP contribution in [0.15, 0.2) is 21.5 Å². The predicted octanol–water partition coefficient (Wildman–Crippen LogP) is 2.53. The molecule has 5 nitrogen and oxygen atoms in total. The van der Waals surface area contributed by atoms with E-state index in [4.69, 9.17) is 22.1 Å². The molecule has 1 aliphatic rings. The SMILES string of the molecule is Nc1cc(Cl)cc(S(=O)(=O)NCC2CCCCO2)c1Br. The average Bonchev–Trinajstić information content (AvgIpc) is 2.42. The van der Waals surface area contributed by atoms with Crippen LogP contribution in [0, 0.1) is 0 Å². The molecule has 1 aliphatic heterocycles. The second kappa shape index (κ2) is 6.62. The molecule has 0 bridgehead atoms. The highest BCUT2D eigenvalue weighted by atomic mass is 79.9. The van der Waals surface area contributed by atoms with Crippen molar-refractivity contribution in [3.05, 3.63) is 21.6 Å². The Morgan fingerprint density at radius 3 is 2.85 bits per heavy atom. The first-order valence-corrected chi connectivity index (χ1v) is 8.91. The minimum Gasteiger partial charge on any atom is -0.398 e. The predicted molar refractivity (Wildman–Crippen MR) is 82.3 cm³/mol. The maximum Gasteiger partial charge on any atom is 0.241 e. The maximum absolute atomic E-state index is 12.3. The van der Waals surface area contributed by atoms with Crippen molar-refractivity contribution in [3.8, 4) is 0 Å². The van der Waals surface area contributed by atoms with Crippen LogP contribution >= 0.6 is 27.5 Å². The van der Waals surface area contributed by atoms with E-state index < -0.39 is 10.0 Å². The molecule has 0 aromatic heterocycles. The topological polar surface area (TPSA) is 81.4 Å². The van der Waals surface area contributed by atoms with Gasteiger partial charge in [-0.3, -0.25) is 0 Å². The van der Waals surface area contributed by atoms with E-state index in [1.54, 1.807) is 0 Å². The highest BCUT2D eigenvalue weighted by Crippen LogP contribution is 2.31. The molecule has 1 aromatic rings. The molecule has 0 amide bonds. The number of anilines is 1. The second-order valence-corrected chi connectivity index (χ2v) is 7.61. The van der Waals surface area contributed by atoms with Gasteiger partial charge < -0.3 is 10.5 Å². The van der Waals surface area contributed by atoms with Crippen molar-refractivity contribution in [2.45, 2.75) is 30.3 Å². The van der Waals surface area contributed by atoms with E-state index in [0.29, 0.717) is 11.1 Å². The zero-order chi connectivity index (χ0) is 14.8. The molecule has 2 rings (SSSR count). The summed E-state index contributed by atoms with van der Waals surface area (Å²) < 4.78 is 32.9. The monoisotopic (exact) mass is 382 g/mol. The zero-order valence-corrected chi connectivity index (χ0v) is 13.9. The number of hydrogen-bond donors (Lipinski definition) is 2. The molecule has 1 fully saturated rings. The van der Waals surface area contributed by atoms with Gasteiger partial charge in [0.2, 0.25) is 10.0 Å². The zero-order valence-electron chi connectivity index (χ0n) is 10.7. The number of nitrogen functional groups attached to an aromatic ring is 1. The number of rotatable bonds is 4. The van der Waals surface area contributed by atoms with Crippen molar-refractivity contribution in [1.82, 2.24) is 4.72 Å². The Hall–Kier alpha value is -0.340. The minimum absolute atomic E-state index is 0.0401. The summed E-state index contributed by atoms with van der Waals surface area (Å²) in [4.78, 5) is 0.0401. The number of hydrogen-bond acceptors (Lipinski definition) is 4. The summed E-state index contributed by atoms with van der Waals surface area (Å²) in [6.45, 7) is 0.932. The molecular weight excluding hydrogens is 368 g/mol. The van der Waals surface area contributed by atoms with Crippen LogP contribution in [0.25, 0.3) is 0 Å². The third kappa shape index (κ3) is 3.85. The van der Waals surface area contributed by atoms with Crippen molar-refractivity contribution in [2.24, 2.45) is 0 Å². The van der Waals surface area contributed by atoms with Gasteiger partial charge in [-0.1, -0.05) is 11.6 Å². The maximum atomic E-state index is 12.3. The lowest BCUT2D eigenvalue weighted by atomic mass is 10.1. The van der Waals surface area contributed by atoms with Crippen molar-refractivity contribution in [2.75, 3.05) is 18.9 Å². The number of benzene rings is 1. The van der Waals surface area contributed by atoms with E-state index in [2.05, 4.69) is 20.7 Å². The van der Waals surface area contributed by atoms with Gasteiger partial charge in [0, 0.05) is 23.9 Å². The lowest BCUT2D eigenvalue weighted by Crippen LogP contribution is -2.35. The lowest BCUT2D eigenvalue weighted by Gasteiger charge is -2.22. The van der Waals surface area contributed by atoms with Gasteiger partial charge in [-0.2, -0.15) is 0 Å². The first kappa shape index (κ1) is 16.0. The fraction of sp³-hybridized carbons (Fsp3) is 0.500. The van der Waals surface area contributed by atoms with Gasteiger partial charge >= 0.3 is 0 Å². The fourth-order valence-corrected chi connectivity index (χ4v) is 4.39. The second-order valence-electron chi connectivity index (χ2n) is 4.65. The molecular formula is C12H16BrClN2O3S. The van der Waals surface area contributed by atoms with E-state index in [0.717, 1.165) is 19.3 Å². The number of sulfonamides is 1. The molecule has 3 N–H and O–H groups in total. The molecule has 0 spiro atoms. The molecule has 0 radical (unpaired) electrons. The standard InChI is InChI=1S/C12H16BrClN2O3S/c13-12-10(15)5-8(14)6-11(12)20(17,18)16-7-9-3-1-2-4-19-9/h5-6,9,16H,1-4,7,15H2. The fourth-order valence-electron chi connectivity index (χ4n) is 2.03. The number of ether oxygens (including phenoxy) is 1. The molecule has 1 aromatic carbocycles. The number of nitrogens with two attached hydrogens (primary N) is 1. The van der Waals surface area contributed by atoms with E-state index in [-0.39, 0.29) is 28.3 Å². The van der Waals surface area contributed by atoms with Crippen LogP contribution in [-0.4, -0.2) is 27.7 Å². The third-order valence-electron chi connectivity index (χ3n) is 3.10. The number of nitrogens with one attached hydrogen (secondary N) is 1. The summed E-state index contributed by atoms with van der Waals surface area (Å²) >= 11 is 9.04. The molecule has 1 heterocycles. The van der Waals surface area contributed by atoms with Crippen molar-refractivity contribution in [1.29, 1.82) is 0 Å². The van der Waals surface area contributed by atoms with E-state index in [1.807, 2.05) is 0 Å². The molecule has 0 saturated carbocycles. The van der Waals surface area contributed by atoms with Crippen molar-refractivity contribution >= 4 is 43.2 Å². The summed E-state index contributed by atoms with van der Waals surface area (Å²) in [5.74, 6) is 0. The average molecular weight is 384 g/mol. The summed E-state index contributed by atoms with van der Waals surface area (Å²) in [5, 5.41) is 0.278. The van der Waals surface area contributed by atoms with Crippen LogP contribution < -0.4 is 10.5 Å². The highest BCUT2D eigenvalue weighted by Gasteiger charge is 2.22. The van der Waals surface area contributed by atoms with Gasteiger partial charge in [-0.25, -0.2) is 13.1 Å². The van der Waals surface area contributed by atoms with Gasteiger partial charge in [-0.05, 0) is 47.3 Å². The van der Waals surface area contributed by atoms with Crippen LogP contribution in [-0.2, 0) is 14.8 Å². The molecule has 1 atom stereocenters. The van der Waals surface area contributed by atoms with Crippen molar-refractivity contribution < 1.29 is 13.2 Å². The first-order valence-electron chi connectivity index (χ1n) is 6.26. The Kier molecular flexibility index (Phi) is 5.30. The molecule has 20 heavy (non-hydrogen) atoms. The van der Waals surface area contributed by atoms with Crippen LogP contribution in [0.2, 0.25) is 5.02 Å². The van der Waals surface area contributed by atoms with Gasteiger partial charge in [-0.15, -0.1) is 0 Å². The Morgan fingerprint density at radius 1 is 1.45 bits per heavy atom. The summed E-state index contributed by atoms with van der Waals surface area (Å²) in [6.07, 6.45) is 2.87. The van der Waals surface area contributed by atoms with E-state index in [1.165, 1.54) is 12.1 Å². The third-order valence-corrected chi connectivity index (χ3v) is 5.91. The normalized spacial score (nSPS) is 20.0. The Morgan fingerprint density at radius 2 is 2.20 bits per heavy atom. The number of halogens is 2. The first-order chi connectivity index (χ1) is 9.40. The van der Waals surface area contributed by atoms with E-state index >= 15 is 0 Å². The van der Waals surface area contributed by atoms with Crippen LogP contribution in [0.3, 0.4) is 0 Å². The van der Waals surface area contributed by atoms with Gasteiger partial charge in [0.25, 0.3) is 0 Å². The van der Waals surface area contributed by atoms with Gasteiger partial charge in [0.05, 0.1) is 15.5 Å². The smallest absolute Gasteiger partial charge is 0.241 e. The molecule has 1 unspecified atom stereocenters. The quantitative estimate of drug-likeness (QED) is 0.783. The summed E-state index contributed by atoms with van der Waals surface area (Å²) in [5.41, 5.74) is 5.99. The van der Waals surface area contributed by atoms with Crippen LogP contribution in [0.1, 0.15) is 19.3 Å². The minimum atomic E-state index is -3.68. The van der Waals surface area contributed by atoms with Crippen LogP contribution in [0.4, 0.5) is 5.69 Å². The van der Waals surface area contributed by atoms with E-state index in [9.17, 15) is 8.42 Å². The highest BCUT2D eigenvalue weighted by molar-refractivity contribution is 9.10. The van der Waals surface area contributed by atoms with Crippen molar-refractivity contribution in [3.63, 3.8) is 0 Å². The largest absolute Gasteiger partial charge is 0.398 e. The summed E-state index contributed by atoms with van der Waals surface area (Å²) in [7, 11) is -3.68. The molecule has 112 valence electrons. The molecule has 1 saturated heterocycles. The Labute approximate surface area is 132 Å².